The zero-order valence-corrected chi connectivity index (χ0v) is 16.6. The van der Waals surface area contributed by atoms with Gasteiger partial charge < -0.3 is 19.5 Å². The Bertz CT molecular complexity index is 579. The van der Waals surface area contributed by atoms with E-state index in [2.05, 4.69) is 31.4 Å². The molecule has 0 aromatic heterocycles. The summed E-state index contributed by atoms with van der Waals surface area (Å²) < 4.78 is 16.1. The number of rotatable bonds is 7. The summed E-state index contributed by atoms with van der Waals surface area (Å²) in [5.41, 5.74) is 0.662. The van der Waals surface area contributed by atoms with E-state index in [9.17, 15) is 4.79 Å². The van der Waals surface area contributed by atoms with Crippen molar-refractivity contribution in [2.24, 2.45) is 0 Å². The van der Waals surface area contributed by atoms with E-state index >= 15 is 0 Å². The first-order chi connectivity index (χ1) is 11.5. The van der Waals surface area contributed by atoms with Crippen LogP contribution in [0.4, 0.5) is 16.2 Å². The van der Waals surface area contributed by atoms with Crippen molar-refractivity contribution in [1.82, 2.24) is 0 Å². The summed E-state index contributed by atoms with van der Waals surface area (Å²) in [7, 11) is 3.27. The second kappa shape index (κ2) is 8.43. The fourth-order valence-corrected chi connectivity index (χ4v) is 2.47. The number of hydrogen-bond donors (Lipinski definition) is 2. The lowest BCUT2D eigenvalue weighted by Gasteiger charge is -2.27. The van der Waals surface area contributed by atoms with Gasteiger partial charge >= 0.3 is 6.09 Å². The van der Waals surface area contributed by atoms with Gasteiger partial charge in [0.2, 0.25) is 0 Å². The van der Waals surface area contributed by atoms with E-state index in [0.29, 0.717) is 11.4 Å². The quantitative estimate of drug-likeness (QED) is 0.747. The summed E-state index contributed by atoms with van der Waals surface area (Å²) in [6.45, 7) is 11.7. The highest BCUT2D eigenvalue weighted by Gasteiger charge is 2.21. The Hall–Kier alpha value is -1.95. The van der Waals surface area contributed by atoms with Crippen LogP contribution in [0.1, 0.15) is 48.0 Å². The summed E-state index contributed by atoms with van der Waals surface area (Å²) >= 11 is 0. The van der Waals surface area contributed by atoms with Crippen LogP contribution in [0.2, 0.25) is 0 Å². The highest BCUT2D eigenvalue weighted by Crippen LogP contribution is 2.29. The Labute approximate surface area is 151 Å². The zero-order valence-electron chi connectivity index (χ0n) is 16.6. The van der Waals surface area contributed by atoms with Crippen LogP contribution in [-0.2, 0) is 9.47 Å². The molecule has 6 heteroatoms. The molecule has 0 saturated carbocycles. The predicted molar refractivity (Wildman–Crippen MR) is 102 cm³/mol. The topological polar surface area (TPSA) is 68.8 Å². The van der Waals surface area contributed by atoms with Crippen LogP contribution in [0, 0.1) is 0 Å². The molecule has 2 N–H and O–H groups in total. The molecule has 0 heterocycles. The number of ether oxygens (including phenoxy) is 3. The van der Waals surface area contributed by atoms with Crippen molar-refractivity contribution in [1.29, 1.82) is 0 Å². The van der Waals surface area contributed by atoms with Crippen molar-refractivity contribution in [3.63, 3.8) is 0 Å². The summed E-state index contributed by atoms with van der Waals surface area (Å²) in [6.07, 6.45) is 0.321. The third-order valence-corrected chi connectivity index (χ3v) is 3.60. The van der Waals surface area contributed by atoms with Gasteiger partial charge in [-0.05, 0) is 66.2 Å². The first kappa shape index (κ1) is 21.1. The maximum absolute atomic E-state index is 12.0. The van der Waals surface area contributed by atoms with Crippen LogP contribution in [0.3, 0.4) is 0 Å². The first-order valence-electron chi connectivity index (χ1n) is 8.45. The number of anilines is 2. The fraction of sp³-hybridized carbons (Fsp3) is 0.632. The van der Waals surface area contributed by atoms with Gasteiger partial charge in [0.05, 0.1) is 18.4 Å². The van der Waals surface area contributed by atoms with Crippen LogP contribution in [0.25, 0.3) is 0 Å². The van der Waals surface area contributed by atoms with Crippen molar-refractivity contribution in [3.8, 4) is 5.75 Å². The Kier molecular flexibility index (Phi) is 7.11. The standard InChI is InChI=1S/C19H32N2O4/c1-13(12-19(5,6)24-8)20-14-9-10-16(23-7)15(11-14)21-17(22)25-18(2,3)4/h9-11,13,20H,12H2,1-8H3,(H,21,22). The van der Waals surface area contributed by atoms with Gasteiger partial charge in [-0.3, -0.25) is 5.32 Å². The lowest BCUT2D eigenvalue weighted by atomic mass is 9.99. The molecule has 0 radical (unpaired) electrons. The molecule has 1 rings (SSSR count). The number of nitrogens with one attached hydrogen (secondary N) is 2. The molecule has 1 aromatic carbocycles. The molecule has 1 amide bonds. The molecule has 0 bridgehead atoms. The average Bonchev–Trinajstić information content (AvgIpc) is 2.44. The van der Waals surface area contributed by atoms with Crippen LogP contribution in [0.15, 0.2) is 18.2 Å². The maximum atomic E-state index is 12.0. The van der Waals surface area contributed by atoms with E-state index in [4.69, 9.17) is 14.2 Å². The van der Waals surface area contributed by atoms with Crippen molar-refractivity contribution in [2.75, 3.05) is 24.9 Å². The van der Waals surface area contributed by atoms with Crippen molar-refractivity contribution < 1.29 is 19.0 Å². The van der Waals surface area contributed by atoms with E-state index in [1.165, 1.54) is 0 Å². The number of carbonyl (C=O) groups is 1. The fourth-order valence-electron chi connectivity index (χ4n) is 2.47. The summed E-state index contributed by atoms with van der Waals surface area (Å²) in [4.78, 5) is 12.0. The molecule has 0 aliphatic heterocycles. The molecule has 0 aliphatic rings. The van der Waals surface area contributed by atoms with Gasteiger partial charge in [-0.25, -0.2) is 4.79 Å². The second-order valence-corrected chi connectivity index (χ2v) is 7.76. The number of hydrogen-bond acceptors (Lipinski definition) is 5. The molecular weight excluding hydrogens is 320 g/mol. The monoisotopic (exact) mass is 352 g/mol. The number of amides is 1. The molecule has 1 atom stereocenters. The maximum Gasteiger partial charge on any atom is 0.412 e. The predicted octanol–water partition coefficient (Wildman–Crippen LogP) is 4.66. The van der Waals surface area contributed by atoms with E-state index in [1.54, 1.807) is 14.2 Å². The Morgan fingerprint density at radius 2 is 1.80 bits per heavy atom. The molecule has 0 fully saturated rings. The van der Waals surface area contributed by atoms with Crippen molar-refractivity contribution in [2.45, 2.75) is 65.2 Å². The van der Waals surface area contributed by atoms with Gasteiger partial charge in [0.25, 0.3) is 0 Å². The van der Waals surface area contributed by atoms with E-state index in [1.807, 2.05) is 39.0 Å². The van der Waals surface area contributed by atoms with Gasteiger partial charge in [-0.15, -0.1) is 0 Å². The minimum atomic E-state index is -0.562. The number of benzene rings is 1. The molecule has 0 aliphatic carbocycles. The molecule has 0 spiro atoms. The smallest absolute Gasteiger partial charge is 0.412 e. The minimum Gasteiger partial charge on any atom is -0.495 e. The molecule has 6 nitrogen and oxygen atoms in total. The average molecular weight is 352 g/mol. The van der Waals surface area contributed by atoms with E-state index in [-0.39, 0.29) is 11.6 Å². The molecule has 25 heavy (non-hydrogen) atoms. The highest BCUT2D eigenvalue weighted by atomic mass is 16.6. The largest absolute Gasteiger partial charge is 0.495 e. The first-order valence-corrected chi connectivity index (χ1v) is 8.45. The highest BCUT2D eigenvalue weighted by molar-refractivity contribution is 5.88. The van der Waals surface area contributed by atoms with Gasteiger partial charge in [0.1, 0.15) is 11.4 Å². The lowest BCUT2D eigenvalue weighted by Crippen LogP contribution is -2.31. The van der Waals surface area contributed by atoms with Crippen LogP contribution in [-0.4, -0.2) is 37.6 Å². The molecule has 1 unspecified atom stereocenters. The molecule has 142 valence electrons. The van der Waals surface area contributed by atoms with Gasteiger partial charge in [-0.1, -0.05) is 0 Å². The zero-order chi connectivity index (χ0) is 19.3. The van der Waals surface area contributed by atoms with Gasteiger partial charge in [0.15, 0.2) is 0 Å². The third kappa shape index (κ3) is 7.65. The Balaban J connectivity index is 2.86. The van der Waals surface area contributed by atoms with E-state index in [0.717, 1.165) is 12.1 Å². The second-order valence-electron chi connectivity index (χ2n) is 7.76. The number of carbonyl (C=O) groups excluding carboxylic acids is 1. The summed E-state index contributed by atoms with van der Waals surface area (Å²) in [6, 6.07) is 5.75. The molecular formula is C19H32N2O4. The lowest BCUT2D eigenvalue weighted by molar-refractivity contribution is 0.0128. The Morgan fingerprint density at radius 3 is 2.32 bits per heavy atom. The van der Waals surface area contributed by atoms with Crippen molar-refractivity contribution >= 4 is 17.5 Å². The third-order valence-electron chi connectivity index (χ3n) is 3.60. The normalized spacial score (nSPS) is 13.1. The van der Waals surface area contributed by atoms with Crippen molar-refractivity contribution in [3.05, 3.63) is 18.2 Å². The van der Waals surface area contributed by atoms with Gasteiger partial charge in [0, 0.05) is 18.8 Å². The summed E-state index contributed by atoms with van der Waals surface area (Å²) in [5, 5.41) is 6.16. The van der Waals surface area contributed by atoms with Gasteiger partial charge in [-0.2, -0.15) is 0 Å². The van der Waals surface area contributed by atoms with E-state index < -0.39 is 11.7 Å². The number of methoxy groups -OCH3 is 2. The van der Waals surface area contributed by atoms with Crippen LogP contribution in [0.5, 0.6) is 5.75 Å². The minimum absolute atomic E-state index is 0.192. The molecule has 1 aromatic rings. The van der Waals surface area contributed by atoms with Crippen LogP contribution >= 0.6 is 0 Å². The Morgan fingerprint density at radius 1 is 1.16 bits per heavy atom. The SMILES string of the molecule is COc1ccc(NC(C)CC(C)(C)OC)cc1NC(=O)OC(C)(C)C. The molecule has 0 saturated heterocycles. The summed E-state index contributed by atoms with van der Waals surface area (Å²) in [5.74, 6) is 0.571. The van der Waals surface area contributed by atoms with Crippen LogP contribution < -0.4 is 15.4 Å².